The van der Waals surface area contributed by atoms with Crippen LogP contribution in [0.5, 0.6) is 0 Å². The standard InChI is InChI=1S/C20H19F4NO3/c1-10(2)7-15(19(26)27)25-18(20(22,23)24)11-3-6-16-14(8-11)13-5-4-12(21)9-17(13)28-16/h3-6,8-10,15,18,25H,7H2,1-2H3,(H,26,27). The number of fused-ring (bicyclic) bond motifs is 3. The average Bonchev–Trinajstić information content (AvgIpc) is 2.93. The first-order valence-corrected chi connectivity index (χ1v) is 8.73. The highest BCUT2D eigenvalue weighted by Crippen LogP contribution is 2.37. The third kappa shape index (κ3) is 4.11. The highest BCUT2D eigenvalue weighted by Gasteiger charge is 2.43. The monoisotopic (exact) mass is 397 g/mol. The van der Waals surface area contributed by atoms with Crippen LogP contribution >= 0.6 is 0 Å². The lowest BCUT2D eigenvalue weighted by Gasteiger charge is -2.26. The summed E-state index contributed by atoms with van der Waals surface area (Å²) in [6.45, 7) is 3.48. The molecule has 0 aliphatic heterocycles. The molecule has 2 N–H and O–H groups in total. The van der Waals surface area contributed by atoms with Gasteiger partial charge in [0.05, 0.1) is 0 Å². The SMILES string of the molecule is CC(C)CC(NC(c1ccc2oc3cc(F)ccc3c2c1)C(F)(F)F)C(=O)O. The van der Waals surface area contributed by atoms with Crippen molar-refractivity contribution in [3.8, 4) is 0 Å². The number of carboxylic acids is 1. The van der Waals surface area contributed by atoms with E-state index in [-0.39, 0.29) is 23.5 Å². The Kier molecular flexibility index (Phi) is 5.34. The van der Waals surface area contributed by atoms with Crippen molar-refractivity contribution in [2.24, 2.45) is 5.92 Å². The van der Waals surface area contributed by atoms with E-state index < -0.39 is 30.0 Å². The summed E-state index contributed by atoms with van der Waals surface area (Å²) in [6.07, 6.45) is -4.65. The summed E-state index contributed by atoms with van der Waals surface area (Å²) in [5.74, 6) is -1.95. The maximum atomic E-state index is 13.7. The molecule has 3 aromatic rings. The maximum Gasteiger partial charge on any atom is 0.407 e. The summed E-state index contributed by atoms with van der Waals surface area (Å²) in [4.78, 5) is 11.4. The predicted molar refractivity (Wildman–Crippen MR) is 96.5 cm³/mol. The number of halogens is 4. The van der Waals surface area contributed by atoms with Gasteiger partial charge in [0.15, 0.2) is 0 Å². The molecule has 0 fully saturated rings. The predicted octanol–water partition coefficient (Wildman–Crippen LogP) is 5.42. The molecule has 0 amide bonds. The summed E-state index contributed by atoms with van der Waals surface area (Å²) in [5, 5.41) is 12.4. The van der Waals surface area contributed by atoms with Crippen LogP contribution in [0.15, 0.2) is 40.8 Å². The average molecular weight is 397 g/mol. The Balaban J connectivity index is 2.06. The van der Waals surface area contributed by atoms with Gasteiger partial charge in [-0.15, -0.1) is 0 Å². The normalized spacial score (nSPS) is 14.7. The van der Waals surface area contributed by atoms with Crippen LogP contribution in [0.4, 0.5) is 17.6 Å². The quantitative estimate of drug-likeness (QED) is 0.546. The van der Waals surface area contributed by atoms with Crippen LogP contribution < -0.4 is 5.32 Å². The number of benzene rings is 2. The molecule has 0 aliphatic rings. The second kappa shape index (κ2) is 7.43. The summed E-state index contributed by atoms with van der Waals surface area (Å²) in [6, 6.07) is 4.21. The van der Waals surface area contributed by atoms with Crippen molar-refractivity contribution in [3.63, 3.8) is 0 Å². The van der Waals surface area contributed by atoms with Crippen molar-refractivity contribution in [1.82, 2.24) is 5.32 Å². The van der Waals surface area contributed by atoms with Gasteiger partial charge in [-0.1, -0.05) is 19.9 Å². The second-order valence-electron chi connectivity index (χ2n) is 7.16. The molecule has 1 aromatic heterocycles. The molecule has 2 aromatic carbocycles. The van der Waals surface area contributed by atoms with E-state index in [9.17, 15) is 27.5 Å². The number of furan rings is 1. The van der Waals surface area contributed by atoms with Crippen LogP contribution in [0.2, 0.25) is 0 Å². The highest BCUT2D eigenvalue weighted by molar-refractivity contribution is 6.05. The second-order valence-corrected chi connectivity index (χ2v) is 7.16. The Morgan fingerprint density at radius 3 is 2.43 bits per heavy atom. The van der Waals surface area contributed by atoms with Gasteiger partial charge in [-0.25, -0.2) is 4.39 Å². The van der Waals surface area contributed by atoms with E-state index in [0.29, 0.717) is 16.4 Å². The minimum absolute atomic E-state index is 0.0536. The van der Waals surface area contributed by atoms with Crippen LogP contribution in [0.3, 0.4) is 0 Å². The van der Waals surface area contributed by atoms with Crippen molar-refractivity contribution in [2.45, 2.75) is 38.5 Å². The lowest BCUT2D eigenvalue weighted by atomic mass is 9.99. The zero-order valence-corrected chi connectivity index (χ0v) is 15.2. The lowest BCUT2D eigenvalue weighted by Crippen LogP contribution is -2.45. The first kappa shape index (κ1) is 20.1. The largest absolute Gasteiger partial charge is 0.480 e. The highest BCUT2D eigenvalue weighted by atomic mass is 19.4. The van der Waals surface area contributed by atoms with Crippen LogP contribution in [-0.2, 0) is 4.79 Å². The van der Waals surface area contributed by atoms with Gasteiger partial charge in [0, 0.05) is 16.8 Å². The molecule has 0 radical (unpaired) electrons. The molecule has 8 heteroatoms. The fraction of sp³-hybridized carbons (Fsp3) is 0.350. The van der Waals surface area contributed by atoms with Crippen LogP contribution in [-0.4, -0.2) is 23.3 Å². The third-order valence-electron chi connectivity index (χ3n) is 4.49. The number of alkyl halides is 3. The molecule has 0 bridgehead atoms. The molecule has 1 heterocycles. The maximum absolute atomic E-state index is 13.7. The fourth-order valence-corrected chi connectivity index (χ4v) is 3.24. The van der Waals surface area contributed by atoms with E-state index in [1.165, 1.54) is 30.3 Å². The third-order valence-corrected chi connectivity index (χ3v) is 4.49. The molecular weight excluding hydrogens is 378 g/mol. The Morgan fingerprint density at radius 2 is 1.82 bits per heavy atom. The smallest absolute Gasteiger partial charge is 0.407 e. The topological polar surface area (TPSA) is 62.5 Å². The molecule has 28 heavy (non-hydrogen) atoms. The van der Waals surface area contributed by atoms with Gasteiger partial charge in [-0.05, 0) is 42.2 Å². The zero-order chi connectivity index (χ0) is 20.6. The van der Waals surface area contributed by atoms with Crippen LogP contribution in [0.1, 0.15) is 31.9 Å². The van der Waals surface area contributed by atoms with Gasteiger partial charge in [-0.3, -0.25) is 10.1 Å². The molecule has 0 saturated heterocycles. The summed E-state index contributed by atoms with van der Waals surface area (Å²) < 4.78 is 60.1. The number of aliphatic carboxylic acids is 1. The minimum Gasteiger partial charge on any atom is -0.480 e. The number of nitrogens with one attached hydrogen (secondary N) is 1. The molecule has 2 unspecified atom stereocenters. The van der Waals surface area contributed by atoms with E-state index >= 15 is 0 Å². The van der Waals surface area contributed by atoms with Crippen molar-refractivity contribution in [2.75, 3.05) is 0 Å². The summed E-state index contributed by atoms with van der Waals surface area (Å²) >= 11 is 0. The van der Waals surface area contributed by atoms with E-state index in [4.69, 9.17) is 4.42 Å². The first-order chi connectivity index (χ1) is 13.1. The zero-order valence-electron chi connectivity index (χ0n) is 15.2. The van der Waals surface area contributed by atoms with Gasteiger partial charge in [-0.2, -0.15) is 13.2 Å². The first-order valence-electron chi connectivity index (χ1n) is 8.73. The number of carboxylic acid groups (broad SMARTS) is 1. The molecule has 0 spiro atoms. The number of rotatable bonds is 6. The van der Waals surface area contributed by atoms with Gasteiger partial charge in [0.1, 0.15) is 29.1 Å². The molecule has 3 rings (SSSR count). The van der Waals surface area contributed by atoms with E-state index in [1.807, 2.05) is 0 Å². The molecular formula is C20H19F4NO3. The number of hydrogen-bond donors (Lipinski definition) is 2. The van der Waals surface area contributed by atoms with E-state index in [0.717, 1.165) is 6.07 Å². The van der Waals surface area contributed by atoms with Crippen LogP contribution in [0, 0.1) is 11.7 Å². The van der Waals surface area contributed by atoms with Crippen molar-refractivity contribution in [1.29, 1.82) is 0 Å². The molecule has 2 atom stereocenters. The van der Waals surface area contributed by atoms with Crippen LogP contribution in [0.25, 0.3) is 21.9 Å². The molecule has 150 valence electrons. The number of carbonyl (C=O) groups is 1. The Bertz CT molecular complexity index is 1010. The van der Waals surface area contributed by atoms with Crippen molar-refractivity contribution in [3.05, 3.63) is 47.8 Å². The lowest BCUT2D eigenvalue weighted by molar-refractivity contribution is -0.163. The van der Waals surface area contributed by atoms with Crippen molar-refractivity contribution < 1.29 is 31.9 Å². The minimum atomic E-state index is -4.70. The van der Waals surface area contributed by atoms with Gasteiger partial charge >= 0.3 is 12.1 Å². The van der Waals surface area contributed by atoms with Gasteiger partial charge < -0.3 is 9.52 Å². The molecule has 0 saturated carbocycles. The van der Waals surface area contributed by atoms with Crippen molar-refractivity contribution >= 4 is 27.9 Å². The van der Waals surface area contributed by atoms with Gasteiger partial charge in [0.2, 0.25) is 0 Å². The van der Waals surface area contributed by atoms with E-state index in [2.05, 4.69) is 5.32 Å². The fourth-order valence-electron chi connectivity index (χ4n) is 3.24. The van der Waals surface area contributed by atoms with E-state index in [1.54, 1.807) is 13.8 Å². The van der Waals surface area contributed by atoms with Gasteiger partial charge in [0.25, 0.3) is 0 Å². The molecule has 0 aliphatic carbocycles. The number of hydrogen-bond acceptors (Lipinski definition) is 3. The molecule has 4 nitrogen and oxygen atoms in total. The summed E-state index contributed by atoms with van der Waals surface area (Å²) in [5.41, 5.74) is 0.413. The summed E-state index contributed by atoms with van der Waals surface area (Å²) in [7, 11) is 0. The Morgan fingerprint density at radius 1 is 1.11 bits per heavy atom. The Labute approximate surface area is 158 Å². The Hall–Kier alpha value is -2.61.